The first kappa shape index (κ1) is 10.6. The van der Waals surface area contributed by atoms with Gasteiger partial charge >= 0.3 is 0 Å². The van der Waals surface area contributed by atoms with Crippen LogP contribution in [0.2, 0.25) is 0 Å². The number of anilines is 1. The summed E-state index contributed by atoms with van der Waals surface area (Å²) in [5, 5.41) is 0. The molecule has 13 heavy (non-hydrogen) atoms. The van der Waals surface area contributed by atoms with Crippen LogP contribution in [0.3, 0.4) is 0 Å². The lowest BCUT2D eigenvalue weighted by molar-refractivity contribution is 0.150. The van der Waals surface area contributed by atoms with Crippen molar-refractivity contribution >= 4 is 28.4 Å². The van der Waals surface area contributed by atoms with E-state index in [1.54, 1.807) is 22.6 Å². The largest absolute Gasteiger partial charge is 0.384 e. The molecule has 0 aliphatic carbocycles. The van der Waals surface area contributed by atoms with E-state index in [1.165, 1.54) is 6.07 Å². The number of halogens is 3. The van der Waals surface area contributed by atoms with Gasteiger partial charge in [-0.1, -0.05) is 0 Å². The van der Waals surface area contributed by atoms with Crippen molar-refractivity contribution in [3.8, 4) is 0 Å². The van der Waals surface area contributed by atoms with Crippen molar-refractivity contribution in [2.75, 3.05) is 5.73 Å². The Morgan fingerprint density at radius 1 is 1.54 bits per heavy atom. The Balaban J connectivity index is 3.27. The normalized spacial score (nSPS) is 10.8. The zero-order valence-electron chi connectivity index (χ0n) is 6.60. The number of pyridine rings is 1. The number of nitrogen functional groups attached to an aromatic ring is 1. The van der Waals surface area contributed by atoms with Crippen LogP contribution in [0.15, 0.2) is 6.07 Å². The topological polar surface area (TPSA) is 64.9 Å². The van der Waals surface area contributed by atoms with E-state index in [4.69, 9.17) is 11.5 Å². The Morgan fingerprint density at radius 2 is 2.15 bits per heavy atom. The zero-order chi connectivity index (χ0) is 10.0. The van der Waals surface area contributed by atoms with Crippen molar-refractivity contribution in [1.82, 2.24) is 4.98 Å². The van der Waals surface area contributed by atoms with Gasteiger partial charge in [0.05, 0.1) is 5.69 Å². The van der Waals surface area contributed by atoms with Gasteiger partial charge in [0, 0.05) is 15.7 Å². The van der Waals surface area contributed by atoms with E-state index in [0.717, 1.165) is 0 Å². The number of hydrogen-bond acceptors (Lipinski definition) is 3. The lowest BCUT2D eigenvalue weighted by atomic mass is 10.2. The molecule has 0 spiro atoms. The van der Waals surface area contributed by atoms with E-state index in [-0.39, 0.29) is 17.9 Å². The SMILES string of the molecule is NCc1nc(N)cc(C(F)F)c1I. The molecule has 0 unspecified atom stereocenters. The third-order valence-electron chi connectivity index (χ3n) is 1.50. The quantitative estimate of drug-likeness (QED) is 0.816. The predicted octanol–water partition coefficient (Wildman–Crippen LogP) is 1.66. The third kappa shape index (κ3) is 2.25. The number of nitrogens with zero attached hydrogens (tertiary/aromatic N) is 1. The van der Waals surface area contributed by atoms with Crippen LogP contribution in [0.25, 0.3) is 0 Å². The zero-order valence-corrected chi connectivity index (χ0v) is 8.76. The summed E-state index contributed by atoms with van der Waals surface area (Å²) < 4.78 is 25.2. The second kappa shape index (κ2) is 4.14. The molecular weight excluding hydrogens is 291 g/mol. The van der Waals surface area contributed by atoms with Gasteiger partial charge < -0.3 is 11.5 Å². The van der Waals surface area contributed by atoms with Gasteiger partial charge in [-0.25, -0.2) is 13.8 Å². The lowest BCUT2D eigenvalue weighted by Gasteiger charge is -2.08. The maximum Gasteiger partial charge on any atom is 0.265 e. The summed E-state index contributed by atoms with van der Waals surface area (Å²) in [5.41, 5.74) is 11.0. The van der Waals surface area contributed by atoms with Crippen molar-refractivity contribution in [2.45, 2.75) is 13.0 Å². The molecule has 0 aliphatic rings. The lowest BCUT2D eigenvalue weighted by Crippen LogP contribution is -2.08. The minimum atomic E-state index is -2.54. The van der Waals surface area contributed by atoms with Gasteiger partial charge in [-0.2, -0.15) is 0 Å². The third-order valence-corrected chi connectivity index (χ3v) is 2.75. The van der Waals surface area contributed by atoms with Crippen molar-refractivity contribution in [3.05, 3.63) is 20.9 Å². The number of alkyl halides is 2. The summed E-state index contributed by atoms with van der Waals surface area (Å²) in [6.45, 7) is 0.114. The first-order chi connectivity index (χ1) is 6.06. The molecule has 1 heterocycles. The Labute approximate surface area is 87.7 Å². The van der Waals surface area contributed by atoms with Crippen molar-refractivity contribution < 1.29 is 8.78 Å². The molecule has 6 heteroatoms. The standard InChI is InChI=1S/C7H8F2IN3/c8-7(9)3-1-5(12)13-4(2-11)6(3)10/h1,7H,2,11H2,(H2,12,13). The summed E-state index contributed by atoms with van der Waals surface area (Å²) in [7, 11) is 0. The predicted molar refractivity (Wildman–Crippen MR) is 54.2 cm³/mol. The Morgan fingerprint density at radius 3 is 2.62 bits per heavy atom. The van der Waals surface area contributed by atoms with Crippen LogP contribution in [-0.4, -0.2) is 4.98 Å². The highest BCUT2D eigenvalue weighted by molar-refractivity contribution is 14.1. The maximum absolute atomic E-state index is 12.4. The highest BCUT2D eigenvalue weighted by atomic mass is 127. The van der Waals surface area contributed by atoms with E-state index >= 15 is 0 Å². The van der Waals surface area contributed by atoms with E-state index in [2.05, 4.69) is 4.98 Å². The molecule has 0 saturated carbocycles. The van der Waals surface area contributed by atoms with Gasteiger partial charge in [-0.3, -0.25) is 0 Å². The fraction of sp³-hybridized carbons (Fsp3) is 0.286. The van der Waals surface area contributed by atoms with Crippen LogP contribution in [0, 0.1) is 3.57 Å². The van der Waals surface area contributed by atoms with Gasteiger partial charge in [0.25, 0.3) is 6.43 Å². The molecule has 0 aromatic carbocycles. The fourth-order valence-electron chi connectivity index (χ4n) is 0.921. The molecule has 0 radical (unpaired) electrons. The molecule has 3 nitrogen and oxygen atoms in total. The minimum absolute atomic E-state index is 0.0798. The number of hydrogen-bond donors (Lipinski definition) is 2. The molecular formula is C7H8F2IN3. The van der Waals surface area contributed by atoms with Gasteiger partial charge in [-0.05, 0) is 28.7 Å². The Hall–Kier alpha value is -0.500. The van der Waals surface area contributed by atoms with Crippen molar-refractivity contribution in [2.24, 2.45) is 5.73 Å². The van der Waals surface area contributed by atoms with E-state index in [9.17, 15) is 8.78 Å². The Kier molecular flexibility index (Phi) is 3.37. The molecule has 0 bridgehead atoms. The molecule has 0 fully saturated rings. The maximum atomic E-state index is 12.4. The molecule has 0 aliphatic heterocycles. The summed E-state index contributed by atoms with van der Waals surface area (Å²) in [6, 6.07) is 1.17. The molecule has 0 atom stereocenters. The number of aromatic nitrogens is 1. The molecule has 1 aromatic rings. The smallest absolute Gasteiger partial charge is 0.265 e. The monoisotopic (exact) mass is 299 g/mol. The van der Waals surface area contributed by atoms with Crippen LogP contribution >= 0.6 is 22.6 Å². The highest BCUT2D eigenvalue weighted by Crippen LogP contribution is 2.27. The molecule has 0 amide bonds. The highest BCUT2D eigenvalue weighted by Gasteiger charge is 2.15. The summed E-state index contributed by atoms with van der Waals surface area (Å²) in [6.07, 6.45) is -2.54. The fourth-order valence-corrected chi connectivity index (χ4v) is 1.65. The number of nitrogens with two attached hydrogens (primary N) is 2. The van der Waals surface area contributed by atoms with E-state index in [1.807, 2.05) is 0 Å². The first-order valence-corrected chi connectivity index (χ1v) is 4.57. The summed E-state index contributed by atoms with van der Waals surface area (Å²) in [5.74, 6) is 0.0798. The second-order valence-electron chi connectivity index (χ2n) is 2.40. The van der Waals surface area contributed by atoms with Gasteiger partial charge in [0.1, 0.15) is 5.82 Å². The molecule has 4 N–H and O–H groups in total. The van der Waals surface area contributed by atoms with Crippen LogP contribution in [0.4, 0.5) is 14.6 Å². The summed E-state index contributed by atoms with van der Waals surface area (Å²) >= 11 is 1.79. The van der Waals surface area contributed by atoms with Crippen LogP contribution in [0.1, 0.15) is 17.7 Å². The van der Waals surface area contributed by atoms with Gasteiger partial charge in [0.15, 0.2) is 0 Å². The summed E-state index contributed by atoms with van der Waals surface area (Å²) in [4.78, 5) is 3.85. The van der Waals surface area contributed by atoms with Crippen molar-refractivity contribution in [3.63, 3.8) is 0 Å². The van der Waals surface area contributed by atoms with Crippen LogP contribution in [0.5, 0.6) is 0 Å². The number of rotatable bonds is 2. The van der Waals surface area contributed by atoms with Crippen LogP contribution < -0.4 is 11.5 Å². The second-order valence-corrected chi connectivity index (χ2v) is 3.48. The van der Waals surface area contributed by atoms with Gasteiger partial charge in [-0.15, -0.1) is 0 Å². The van der Waals surface area contributed by atoms with Gasteiger partial charge in [0.2, 0.25) is 0 Å². The van der Waals surface area contributed by atoms with E-state index < -0.39 is 6.43 Å². The average Bonchev–Trinajstić information content (AvgIpc) is 2.08. The Bertz CT molecular complexity index is 317. The molecule has 72 valence electrons. The molecule has 0 saturated heterocycles. The van der Waals surface area contributed by atoms with E-state index in [0.29, 0.717) is 9.26 Å². The van der Waals surface area contributed by atoms with Crippen LogP contribution in [-0.2, 0) is 6.54 Å². The molecule has 1 aromatic heterocycles. The average molecular weight is 299 g/mol. The van der Waals surface area contributed by atoms with Crippen molar-refractivity contribution in [1.29, 1.82) is 0 Å². The molecule has 1 rings (SSSR count). The first-order valence-electron chi connectivity index (χ1n) is 3.49. The minimum Gasteiger partial charge on any atom is -0.384 e.